The van der Waals surface area contributed by atoms with Gasteiger partial charge < -0.3 is 9.88 Å². The van der Waals surface area contributed by atoms with Gasteiger partial charge in [0.05, 0.1) is 37.4 Å². The number of hydrogen-bond acceptors (Lipinski definition) is 5. The molecule has 1 aromatic heterocycles. The van der Waals surface area contributed by atoms with Crippen LogP contribution >= 0.6 is 35.0 Å². The molecule has 1 heterocycles. The summed E-state index contributed by atoms with van der Waals surface area (Å²) in [7, 11) is -3.82. The van der Waals surface area contributed by atoms with E-state index >= 15 is 0 Å². The molecule has 0 aliphatic rings. The molecule has 0 aliphatic carbocycles. The van der Waals surface area contributed by atoms with Gasteiger partial charge in [0.2, 0.25) is 15.9 Å². The molecule has 28 heavy (non-hydrogen) atoms. The Labute approximate surface area is 176 Å². The summed E-state index contributed by atoms with van der Waals surface area (Å²) in [6.07, 6.45) is 0. The monoisotopic (exact) mass is 458 g/mol. The summed E-state index contributed by atoms with van der Waals surface area (Å²) in [5, 5.41) is 9.16. The third-order valence-electron chi connectivity index (χ3n) is 3.89. The lowest BCUT2D eigenvalue weighted by Gasteiger charge is -2.09. The molecule has 0 fully saturated rings. The van der Waals surface area contributed by atoms with Crippen molar-refractivity contribution in [1.29, 1.82) is 0 Å². The molecule has 7 nitrogen and oxygen atoms in total. The van der Waals surface area contributed by atoms with E-state index in [1.165, 1.54) is 23.9 Å². The van der Waals surface area contributed by atoms with Crippen molar-refractivity contribution in [2.45, 2.75) is 23.5 Å². The summed E-state index contributed by atoms with van der Waals surface area (Å²) in [4.78, 5) is 16.7. The van der Waals surface area contributed by atoms with Crippen LogP contribution < -0.4 is 10.5 Å². The van der Waals surface area contributed by atoms with Crippen molar-refractivity contribution in [2.24, 2.45) is 5.14 Å². The van der Waals surface area contributed by atoms with E-state index in [0.29, 0.717) is 33.0 Å². The minimum Gasteiger partial charge on any atom is -0.323 e. The van der Waals surface area contributed by atoms with Gasteiger partial charge in [-0.05, 0) is 37.3 Å². The summed E-state index contributed by atoms with van der Waals surface area (Å²) in [5.41, 5.74) is 1.61. The Hall–Kier alpha value is -1.78. The lowest BCUT2D eigenvalue weighted by Crippen LogP contribution is -2.15. The number of rotatable bonds is 6. The van der Waals surface area contributed by atoms with Crippen LogP contribution in [0.1, 0.15) is 6.92 Å². The van der Waals surface area contributed by atoms with E-state index in [1.54, 1.807) is 24.3 Å². The van der Waals surface area contributed by atoms with E-state index in [0.717, 1.165) is 5.52 Å². The number of carbonyl (C=O) groups excluding carboxylic acids is 1. The van der Waals surface area contributed by atoms with Crippen molar-refractivity contribution in [2.75, 3.05) is 11.1 Å². The zero-order valence-electron chi connectivity index (χ0n) is 14.6. The van der Waals surface area contributed by atoms with Crippen LogP contribution in [0.15, 0.2) is 46.5 Å². The van der Waals surface area contributed by atoms with E-state index < -0.39 is 10.0 Å². The summed E-state index contributed by atoms with van der Waals surface area (Å²) in [6, 6.07) is 9.47. The third-order valence-corrected chi connectivity index (χ3v) is 6.41. The zero-order chi connectivity index (χ0) is 20.5. The van der Waals surface area contributed by atoms with Crippen LogP contribution in [0.5, 0.6) is 0 Å². The number of thioether (sulfide) groups is 1. The average molecular weight is 459 g/mol. The van der Waals surface area contributed by atoms with Crippen LogP contribution in [0.4, 0.5) is 5.69 Å². The van der Waals surface area contributed by atoms with Crippen LogP contribution in [0, 0.1) is 0 Å². The Kier molecular flexibility index (Phi) is 6.21. The molecule has 11 heteroatoms. The number of benzene rings is 2. The zero-order valence-corrected chi connectivity index (χ0v) is 17.8. The SMILES string of the molecule is CCn1c(SCC(=O)Nc2c(Cl)cccc2Cl)nc2cc(S(N)(=O)=O)ccc21. The number of nitrogens with zero attached hydrogens (tertiary/aromatic N) is 2. The van der Waals surface area contributed by atoms with Gasteiger partial charge >= 0.3 is 0 Å². The molecule has 0 saturated heterocycles. The number of nitrogens with one attached hydrogen (secondary N) is 1. The number of anilines is 1. The molecule has 0 saturated carbocycles. The van der Waals surface area contributed by atoms with Crippen molar-refractivity contribution >= 4 is 67.6 Å². The molecule has 0 spiro atoms. The second-order valence-corrected chi connectivity index (χ2v) is 9.09. The minimum atomic E-state index is -3.82. The standard InChI is InChI=1S/C17H16Cl2N4O3S2/c1-2-23-14-7-6-10(28(20,25)26)8-13(14)21-17(23)27-9-15(24)22-16-11(18)4-3-5-12(16)19/h3-8H,2,9H2,1H3,(H,22,24)(H2,20,25,26). The summed E-state index contributed by atoms with van der Waals surface area (Å²) in [6.45, 7) is 2.54. The Morgan fingerprint density at radius 3 is 2.54 bits per heavy atom. The first kappa shape index (κ1) is 20.9. The van der Waals surface area contributed by atoms with Gasteiger partial charge in [0, 0.05) is 6.54 Å². The predicted octanol–water partition coefficient (Wildman–Crippen LogP) is 3.74. The highest BCUT2D eigenvalue weighted by Gasteiger charge is 2.16. The highest BCUT2D eigenvalue weighted by molar-refractivity contribution is 7.99. The van der Waals surface area contributed by atoms with E-state index in [1.807, 2.05) is 11.5 Å². The van der Waals surface area contributed by atoms with Gasteiger partial charge in [-0.2, -0.15) is 0 Å². The summed E-state index contributed by atoms with van der Waals surface area (Å²) < 4.78 is 25.0. The highest BCUT2D eigenvalue weighted by atomic mass is 35.5. The molecule has 0 atom stereocenters. The van der Waals surface area contributed by atoms with Gasteiger partial charge in [0.1, 0.15) is 0 Å². The molecule has 1 amide bonds. The van der Waals surface area contributed by atoms with Crippen molar-refractivity contribution in [3.8, 4) is 0 Å². The maximum atomic E-state index is 12.3. The number of aromatic nitrogens is 2. The molecule has 3 N–H and O–H groups in total. The van der Waals surface area contributed by atoms with E-state index in [-0.39, 0.29) is 16.6 Å². The Morgan fingerprint density at radius 2 is 1.93 bits per heavy atom. The Bertz CT molecular complexity index is 1140. The van der Waals surface area contributed by atoms with Crippen LogP contribution in [0.2, 0.25) is 10.0 Å². The number of para-hydroxylation sites is 1. The van der Waals surface area contributed by atoms with E-state index in [4.69, 9.17) is 28.3 Å². The molecular formula is C17H16Cl2N4O3S2. The fourth-order valence-corrected chi connectivity index (χ4v) is 4.51. The van der Waals surface area contributed by atoms with E-state index in [2.05, 4.69) is 10.3 Å². The topological polar surface area (TPSA) is 107 Å². The van der Waals surface area contributed by atoms with Crippen LogP contribution in [0.25, 0.3) is 11.0 Å². The second-order valence-electron chi connectivity index (χ2n) is 5.77. The number of fused-ring (bicyclic) bond motifs is 1. The number of sulfonamides is 1. The molecule has 0 radical (unpaired) electrons. The maximum absolute atomic E-state index is 12.3. The molecule has 0 bridgehead atoms. The van der Waals surface area contributed by atoms with Gasteiger partial charge in [-0.25, -0.2) is 18.5 Å². The molecule has 3 rings (SSSR count). The van der Waals surface area contributed by atoms with Gasteiger partial charge in [-0.1, -0.05) is 41.0 Å². The minimum absolute atomic E-state index is 0.0107. The largest absolute Gasteiger partial charge is 0.323 e. The number of aryl methyl sites for hydroxylation is 1. The Morgan fingerprint density at radius 1 is 1.25 bits per heavy atom. The third kappa shape index (κ3) is 4.44. The molecule has 0 unspecified atom stereocenters. The van der Waals surface area contributed by atoms with Crippen molar-refractivity contribution in [3.63, 3.8) is 0 Å². The van der Waals surface area contributed by atoms with Crippen LogP contribution in [0.3, 0.4) is 0 Å². The first-order valence-electron chi connectivity index (χ1n) is 8.10. The van der Waals surface area contributed by atoms with E-state index in [9.17, 15) is 13.2 Å². The highest BCUT2D eigenvalue weighted by Crippen LogP contribution is 2.30. The summed E-state index contributed by atoms with van der Waals surface area (Å²) in [5.74, 6) is -0.215. The van der Waals surface area contributed by atoms with Crippen molar-refractivity contribution in [3.05, 3.63) is 46.4 Å². The fraction of sp³-hybridized carbons (Fsp3) is 0.176. The quantitative estimate of drug-likeness (QED) is 0.546. The maximum Gasteiger partial charge on any atom is 0.238 e. The van der Waals surface area contributed by atoms with Gasteiger partial charge in [-0.3, -0.25) is 4.79 Å². The van der Waals surface area contributed by atoms with Crippen molar-refractivity contribution < 1.29 is 13.2 Å². The number of imidazole rings is 1. The van der Waals surface area contributed by atoms with Gasteiger partial charge in [-0.15, -0.1) is 0 Å². The van der Waals surface area contributed by atoms with Crippen LogP contribution in [-0.4, -0.2) is 29.6 Å². The van der Waals surface area contributed by atoms with Gasteiger partial charge in [0.15, 0.2) is 5.16 Å². The lowest BCUT2D eigenvalue weighted by molar-refractivity contribution is -0.113. The molecule has 148 valence electrons. The fourth-order valence-electron chi connectivity index (χ4n) is 2.60. The first-order chi connectivity index (χ1) is 13.2. The number of halogens is 2. The lowest BCUT2D eigenvalue weighted by atomic mass is 10.3. The first-order valence-corrected chi connectivity index (χ1v) is 11.4. The second kappa shape index (κ2) is 8.30. The number of carbonyl (C=O) groups is 1. The predicted molar refractivity (Wildman–Crippen MR) is 113 cm³/mol. The number of primary sulfonamides is 1. The van der Waals surface area contributed by atoms with Crippen molar-refractivity contribution in [1.82, 2.24) is 9.55 Å². The molecule has 2 aromatic carbocycles. The summed E-state index contributed by atoms with van der Waals surface area (Å²) >= 11 is 13.3. The molecule has 0 aliphatic heterocycles. The number of nitrogens with two attached hydrogens (primary N) is 1. The van der Waals surface area contributed by atoms with Gasteiger partial charge in [0.25, 0.3) is 0 Å². The average Bonchev–Trinajstić information content (AvgIpc) is 2.99. The molecular weight excluding hydrogens is 443 g/mol. The smallest absolute Gasteiger partial charge is 0.238 e. The normalized spacial score (nSPS) is 11.7. The molecule has 3 aromatic rings. The van der Waals surface area contributed by atoms with Crippen LogP contribution in [-0.2, 0) is 21.4 Å². The number of amides is 1. The number of hydrogen-bond donors (Lipinski definition) is 2. The Balaban J connectivity index is 1.81.